The van der Waals surface area contributed by atoms with Crippen LogP contribution in [0.15, 0.2) is 24.3 Å². The van der Waals surface area contributed by atoms with E-state index in [1.807, 2.05) is 12.1 Å². The summed E-state index contributed by atoms with van der Waals surface area (Å²) in [7, 11) is 0. The maximum absolute atomic E-state index is 5.44. The van der Waals surface area contributed by atoms with E-state index in [4.69, 9.17) is 6.42 Å². The molecule has 1 aliphatic rings. The Morgan fingerprint density at radius 3 is 2.92 bits per heavy atom. The van der Waals surface area contributed by atoms with Crippen LogP contribution in [0.3, 0.4) is 0 Å². The van der Waals surface area contributed by atoms with Gasteiger partial charge in [-0.15, -0.1) is 6.42 Å². The number of hydrogen-bond donors (Lipinski definition) is 1. The molecule has 1 aliphatic heterocycles. The molecule has 13 heavy (non-hydrogen) atoms. The molecule has 1 N–H and O–H groups in total. The predicted octanol–water partition coefficient (Wildman–Crippen LogP) is 2.09. The van der Waals surface area contributed by atoms with Gasteiger partial charge in [0, 0.05) is 11.6 Å². The summed E-state index contributed by atoms with van der Waals surface area (Å²) in [5.41, 5.74) is 2.31. The fourth-order valence-corrected chi connectivity index (χ4v) is 1.88. The molecule has 0 saturated carbocycles. The largest absolute Gasteiger partial charge is 0.310 e. The quantitative estimate of drug-likeness (QED) is 0.638. The van der Waals surface area contributed by atoms with Gasteiger partial charge in [-0.3, -0.25) is 0 Å². The Bertz CT molecular complexity index is 329. The van der Waals surface area contributed by atoms with Crippen molar-refractivity contribution in [2.24, 2.45) is 0 Å². The Hall–Kier alpha value is -1.26. The minimum absolute atomic E-state index is 0.479. The summed E-state index contributed by atoms with van der Waals surface area (Å²) in [5, 5.41) is 3.45. The number of nitrogens with one attached hydrogen (secondary N) is 1. The second-order valence-electron chi connectivity index (χ2n) is 3.38. The summed E-state index contributed by atoms with van der Waals surface area (Å²) in [4.78, 5) is 0. The normalized spacial score (nSPS) is 21.3. The Morgan fingerprint density at radius 2 is 2.23 bits per heavy atom. The molecule has 0 aliphatic carbocycles. The first kappa shape index (κ1) is 8.34. The molecule has 1 atom stereocenters. The van der Waals surface area contributed by atoms with Gasteiger partial charge < -0.3 is 5.32 Å². The molecule has 0 aromatic heterocycles. The van der Waals surface area contributed by atoms with Crippen molar-refractivity contribution >= 4 is 0 Å². The van der Waals surface area contributed by atoms with E-state index in [1.165, 1.54) is 18.4 Å². The first-order valence-electron chi connectivity index (χ1n) is 4.71. The van der Waals surface area contributed by atoms with E-state index in [0.717, 1.165) is 12.1 Å². The zero-order chi connectivity index (χ0) is 9.10. The lowest BCUT2D eigenvalue weighted by Crippen LogP contribution is -2.13. The molecule has 0 bridgehead atoms. The monoisotopic (exact) mass is 171 g/mol. The Labute approximate surface area is 79.2 Å². The van der Waals surface area contributed by atoms with Gasteiger partial charge in [0.1, 0.15) is 0 Å². The summed E-state index contributed by atoms with van der Waals surface area (Å²) >= 11 is 0. The topological polar surface area (TPSA) is 12.0 Å². The maximum Gasteiger partial charge on any atom is 0.0333 e. The molecule has 1 aromatic rings. The molecule has 1 saturated heterocycles. The number of benzene rings is 1. The van der Waals surface area contributed by atoms with Crippen molar-refractivity contribution in [1.29, 1.82) is 0 Å². The van der Waals surface area contributed by atoms with Crippen LogP contribution >= 0.6 is 0 Å². The highest BCUT2D eigenvalue weighted by molar-refractivity contribution is 5.41. The van der Waals surface area contributed by atoms with Crippen molar-refractivity contribution in [3.8, 4) is 12.3 Å². The van der Waals surface area contributed by atoms with Crippen molar-refractivity contribution in [2.45, 2.75) is 18.9 Å². The number of terminal acetylenes is 1. The Kier molecular flexibility index (Phi) is 2.33. The molecule has 1 fully saturated rings. The summed E-state index contributed by atoms with van der Waals surface area (Å²) in [6, 6.07) is 8.66. The fraction of sp³-hybridized carbons (Fsp3) is 0.333. The van der Waals surface area contributed by atoms with E-state index in [9.17, 15) is 0 Å². The standard InChI is InChI=1S/C12H13N/c1-2-10-6-3-4-7-11(10)12-8-5-9-13-12/h1,3-4,6-7,12-13H,5,8-9H2. The van der Waals surface area contributed by atoms with Crippen molar-refractivity contribution in [3.63, 3.8) is 0 Å². The van der Waals surface area contributed by atoms with Gasteiger partial charge in [-0.25, -0.2) is 0 Å². The van der Waals surface area contributed by atoms with Crippen LogP contribution in [0.2, 0.25) is 0 Å². The zero-order valence-corrected chi connectivity index (χ0v) is 7.59. The van der Waals surface area contributed by atoms with Gasteiger partial charge in [-0.05, 0) is 31.0 Å². The second-order valence-corrected chi connectivity index (χ2v) is 3.38. The third kappa shape index (κ3) is 1.59. The highest BCUT2D eigenvalue weighted by atomic mass is 14.9. The summed E-state index contributed by atoms with van der Waals surface area (Å²) in [6.45, 7) is 1.11. The van der Waals surface area contributed by atoms with Crippen LogP contribution in [-0.4, -0.2) is 6.54 Å². The van der Waals surface area contributed by atoms with Crippen molar-refractivity contribution in [1.82, 2.24) is 5.32 Å². The van der Waals surface area contributed by atoms with E-state index in [2.05, 4.69) is 23.4 Å². The minimum atomic E-state index is 0.479. The molecule has 2 rings (SSSR count). The van der Waals surface area contributed by atoms with Crippen LogP contribution in [0.25, 0.3) is 0 Å². The molecule has 0 spiro atoms. The van der Waals surface area contributed by atoms with Crippen molar-refractivity contribution < 1.29 is 0 Å². The van der Waals surface area contributed by atoms with Gasteiger partial charge in [0.2, 0.25) is 0 Å². The lowest BCUT2D eigenvalue weighted by atomic mass is 10.00. The number of rotatable bonds is 1. The van der Waals surface area contributed by atoms with E-state index < -0.39 is 0 Å². The van der Waals surface area contributed by atoms with Crippen LogP contribution in [0.5, 0.6) is 0 Å². The van der Waals surface area contributed by atoms with Crippen LogP contribution in [0.1, 0.15) is 30.0 Å². The number of hydrogen-bond acceptors (Lipinski definition) is 1. The summed E-state index contributed by atoms with van der Waals surface area (Å²) in [5.74, 6) is 2.73. The fourth-order valence-electron chi connectivity index (χ4n) is 1.88. The van der Waals surface area contributed by atoms with E-state index in [-0.39, 0.29) is 0 Å². The molecule has 1 nitrogen and oxygen atoms in total. The van der Waals surface area contributed by atoms with Crippen LogP contribution < -0.4 is 5.32 Å². The third-order valence-corrected chi connectivity index (χ3v) is 2.55. The molecule has 1 heterocycles. The molecule has 1 aromatic carbocycles. The zero-order valence-electron chi connectivity index (χ0n) is 7.59. The average molecular weight is 171 g/mol. The van der Waals surface area contributed by atoms with E-state index in [0.29, 0.717) is 6.04 Å². The van der Waals surface area contributed by atoms with Crippen molar-refractivity contribution in [3.05, 3.63) is 35.4 Å². The van der Waals surface area contributed by atoms with Crippen LogP contribution in [-0.2, 0) is 0 Å². The first-order chi connectivity index (χ1) is 6.42. The second kappa shape index (κ2) is 3.64. The first-order valence-corrected chi connectivity index (χ1v) is 4.71. The maximum atomic E-state index is 5.44. The molecular formula is C12H13N. The highest BCUT2D eigenvalue weighted by Gasteiger charge is 2.17. The average Bonchev–Trinajstić information content (AvgIpc) is 2.70. The minimum Gasteiger partial charge on any atom is -0.310 e. The highest BCUT2D eigenvalue weighted by Crippen LogP contribution is 2.25. The summed E-state index contributed by atoms with van der Waals surface area (Å²) in [6.07, 6.45) is 7.90. The van der Waals surface area contributed by atoms with Gasteiger partial charge in [0.05, 0.1) is 0 Å². The van der Waals surface area contributed by atoms with Gasteiger partial charge in [-0.2, -0.15) is 0 Å². The Morgan fingerprint density at radius 1 is 1.38 bits per heavy atom. The SMILES string of the molecule is C#Cc1ccccc1C1CCCN1. The molecule has 0 amide bonds. The van der Waals surface area contributed by atoms with Crippen molar-refractivity contribution in [2.75, 3.05) is 6.54 Å². The molecule has 0 radical (unpaired) electrons. The smallest absolute Gasteiger partial charge is 0.0333 e. The predicted molar refractivity (Wildman–Crippen MR) is 54.4 cm³/mol. The molecular weight excluding hydrogens is 158 g/mol. The van der Waals surface area contributed by atoms with Crippen LogP contribution in [0, 0.1) is 12.3 Å². The van der Waals surface area contributed by atoms with Gasteiger partial charge >= 0.3 is 0 Å². The lowest BCUT2D eigenvalue weighted by molar-refractivity contribution is 0.646. The Balaban J connectivity index is 2.33. The van der Waals surface area contributed by atoms with E-state index in [1.54, 1.807) is 0 Å². The molecule has 1 heteroatoms. The third-order valence-electron chi connectivity index (χ3n) is 2.55. The van der Waals surface area contributed by atoms with Crippen LogP contribution in [0.4, 0.5) is 0 Å². The molecule has 1 unspecified atom stereocenters. The van der Waals surface area contributed by atoms with Gasteiger partial charge in [0.15, 0.2) is 0 Å². The summed E-state index contributed by atoms with van der Waals surface area (Å²) < 4.78 is 0. The molecule has 66 valence electrons. The van der Waals surface area contributed by atoms with Gasteiger partial charge in [0.25, 0.3) is 0 Å². The van der Waals surface area contributed by atoms with Gasteiger partial charge in [-0.1, -0.05) is 24.1 Å². The van der Waals surface area contributed by atoms with E-state index >= 15 is 0 Å². The lowest BCUT2D eigenvalue weighted by Gasteiger charge is -2.12.